The maximum absolute atomic E-state index is 8.98. The third-order valence-electron chi connectivity index (χ3n) is 1.18. The number of hydrogen-bond donors (Lipinski definition) is 1. The van der Waals surface area contributed by atoms with Crippen LogP contribution in [-0.2, 0) is 6.32 Å². The van der Waals surface area contributed by atoms with Crippen molar-refractivity contribution in [2.75, 3.05) is 0 Å². The van der Waals surface area contributed by atoms with Crippen molar-refractivity contribution in [1.82, 2.24) is 0 Å². The summed E-state index contributed by atoms with van der Waals surface area (Å²) < 4.78 is 0. The molecule has 0 saturated heterocycles. The molecule has 0 heterocycles. The molecule has 0 atom stereocenters. The first kappa shape index (κ1) is 7.48. The topological polar surface area (TPSA) is 20.2 Å². The average molecular weight is 152 g/mol. The van der Waals surface area contributed by atoms with Crippen LogP contribution in [0.3, 0.4) is 0 Å². The molecule has 3 heteroatoms. The Bertz CT molecular complexity index is 217. The van der Waals surface area contributed by atoms with Gasteiger partial charge in [0.15, 0.2) is 0 Å². The Kier molecular flexibility index (Phi) is 2.23. The molecule has 0 aliphatic heterocycles. The van der Waals surface area contributed by atoms with Crippen molar-refractivity contribution >= 4 is 19.4 Å². The summed E-state index contributed by atoms with van der Waals surface area (Å²) in [5, 5.41) is 9.50. The van der Waals surface area contributed by atoms with E-state index in [2.05, 4.69) is 0 Å². The minimum atomic E-state index is 0.160. The van der Waals surface area contributed by atoms with E-state index in [1.54, 1.807) is 12.1 Å². The van der Waals surface area contributed by atoms with E-state index >= 15 is 0 Å². The number of aromatic hydroxyl groups is 1. The fourth-order valence-electron chi connectivity index (χ4n) is 0.751. The molecule has 0 aliphatic rings. The van der Waals surface area contributed by atoms with Gasteiger partial charge in [-0.1, -0.05) is 23.5 Å². The lowest BCUT2D eigenvalue weighted by Gasteiger charge is -1.98. The largest absolute Gasteiger partial charge is 0.508 e. The van der Waals surface area contributed by atoms with Gasteiger partial charge in [0, 0.05) is 5.02 Å². The van der Waals surface area contributed by atoms with Crippen LogP contribution in [0, 0.1) is 0 Å². The average Bonchev–Trinajstić information content (AvgIpc) is 1.85. The second-order valence-corrected chi connectivity index (χ2v) is 2.46. The molecule has 0 amide bonds. The van der Waals surface area contributed by atoms with E-state index in [4.69, 9.17) is 24.6 Å². The second kappa shape index (κ2) is 2.97. The van der Waals surface area contributed by atoms with Crippen molar-refractivity contribution in [3.05, 3.63) is 28.8 Å². The lowest BCUT2D eigenvalue weighted by atomic mass is 9.97. The summed E-state index contributed by atoms with van der Waals surface area (Å²) in [6.45, 7) is 0. The molecule has 10 heavy (non-hydrogen) atoms. The van der Waals surface area contributed by atoms with Crippen LogP contribution in [0.15, 0.2) is 18.2 Å². The third-order valence-corrected chi connectivity index (χ3v) is 1.40. The van der Waals surface area contributed by atoms with Crippen LogP contribution in [0.1, 0.15) is 5.56 Å². The number of benzene rings is 1. The molecule has 1 N–H and O–H groups in total. The van der Waals surface area contributed by atoms with Crippen LogP contribution in [-0.4, -0.2) is 13.0 Å². The van der Waals surface area contributed by atoms with E-state index in [0.717, 1.165) is 5.56 Å². The van der Waals surface area contributed by atoms with Crippen LogP contribution in [0.4, 0.5) is 0 Å². The molecular formula is C7H6BClO. The monoisotopic (exact) mass is 152 g/mol. The molecule has 1 aromatic carbocycles. The normalized spacial score (nSPS) is 9.70. The summed E-state index contributed by atoms with van der Waals surface area (Å²) in [5.41, 5.74) is 0.838. The fraction of sp³-hybridized carbons (Fsp3) is 0.143. The van der Waals surface area contributed by atoms with Crippen LogP contribution < -0.4 is 0 Å². The van der Waals surface area contributed by atoms with Crippen LogP contribution in [0.2, 0.25) is 5.02 Å². The molecule has 2 radical (unpaired) electrons. The van der Waals surface area contributed by atoms with Gasteiger partial charge in [-0.25, -0.2) is 0 Å². The molecular weight excluding hydrogens is 146 g/mol. The summed E-state index contributed by atoms with van der Waals surface area (Å²) in [4.78, 5) is 0. The lowest BCUT2D eigenvalue weighted by Crippen LogP contribution is -1.81. The van der Waals surface area contributed by atoms with Gasteiger partial charge in [-0.3, -0.25) is 0 Å². The summed E-state index contributed by atoms with van der Waals surface area (Å²) >= 11 is 5.61. The van der Waals surface area contributed by atoms with Gasteiger partial charge in [0.05, 0.1) is 7.85 Å². The highest BCUT2D eigenvalue weighted by Gasteiger charge is 1.94. The van der Waals surface area contributed by atoms with E-state index in [1.807, 2.05) is 0 Å². The summed E-state index contributed by atoms with van der Waals surface area (Å²) in [7, 11) is 5.32. The SMILES string of the molecule is [B]Cc1cc(O)cc(Cl)c1. The van der Waals surface area contributed by atoms with Crippen molar-refractivity contribution in [2.24, 2.45) is 0 Å². The highest BCUT2D eigenvalue weighted by Crippen LogP contribution is 2.19. The number of hydrogen-bond acceptors (Lipinski definition) is 1. The van der Waals surface area contributed by atoms with Gasteiger partial charge in [-0.05, 0) is 18.2 Å². The molecule has 0 unspecified atom stereocenters. The van der Waals surface area contributed by atoms with Crippen molar-refractivity contribution < 1.29 is 5.11 Å². The Morgan fingerprint density at radius 1 is 1.40 bits per heavy atom. The molecule has 1 nitrogen and oxygen atoms in total. The zero-order valence-electron chi connectivity index (χ0n) is 5.34. The highest BCUT2D eigenvalue weighted by molar-refractivity contribution is 6.30. The smallest absolute Gasteiger partial charge is 0.117 e. The molecule has 0 fully saturated rings. The number of phenolic OH excluding ortho intramolecular Hbond substituents is 1. The van der Waals surface area contributed by atoms with E-state index in [9.17, 15) is 0 Å². The van der Waals surface area contributed by atoms with Crippen LogP contribution >= 0.6 is 11.6 Å². The number of halogens is 1. The maximum Gasteiger partial charge on any atom is 0.117 e. The summed E-state index contributed by atoms with van der Waals surface area (Å²) in [6, 6.07) is 4.79. The van der Waals surface area contributed by atoms with Gasteiger partial charge < -0.3 is 5.11 Å². The van der Waals surface area contributed by atoms with Crippen molar-refractivity contribution in [3.8, 4) is 5.75 Å². The first-order chi connectivity index (χ1) is 4.72. The zero-order valence-corrected chi connectivity index (χ0v) is 6.10. The molecule has 0 bridgehead atoms. The van der Waals surface area contributed by atoms with Crippen molar-refractivity contribution in [2.45, 2.75) is 6.32 Å². The number of rotatable bonds is 1. The molecule has 1 aromatic rings. The van der Waals surface area contributed by atoms with Gasteiger partial charge in [0.2, 0.25) is 0 Å². The van der Waals surface area contributed by atoms with Gasteiger partial charge in [0.25, 0.3) is 0 Å². The quantitative estimate of drug-likeness (QED) is 0.608. The van der Waals surface area contributed by atoms with Crippen molar-refractivity contribution in [3.63, 3.8) is 0 Å². The van der Waals surface area contributed by atoms with Crippen molar-refractivity contribution in [1.29, 1.82) is 0 Å². The molecule has 0 spiro atoms. The van der Waals surface area contributed by atoms with Gasteiger partial charge in [-0.15, -0.1) is 0 Å². The Morgan fingerprint density at radius 2 is 2.10 bits per heavy atom. The Balaban J connectivity index is 3.06. The Morgan fingerprint density at radius 3 is 2.60 bits per heavy atom. The molecule has 0 aromatic heterocycles. The predicted molar refractivity (Wildman–Crippen MR) is 42.6 cm³/mol. The van der Waals surface area contributed by atoms with Gasteiger partial charge >= 0.3 is 0 Å². The first-order valence-corrected chi connectivity index (χ1v) is 3.28. The second-order valence-electron chi connectivity index (χ2n) is 2.02. The maximum atomic E-state index is 8.98. The Labute approximate surface area is 66.0 Å². The minimum absolute atomic E-state index is 0.160. The zero-order chi connectivity index (χ0) is 7.56. The first-order valence-electron chi connectivity index (χ1n) is 2.91. The third kappa shape index (κ3) is 1.68. The molecule has 0 saturated carbocycles. The molecule has 50 valence electrons. The molecule has 0 aliphatic carbocycles. The lowest BCUT2D eigenvalue weighted by molar-refractivity contribution is 0.475. The van der Waals surface area contributed by atoms with Crippen LogP contribution in [0.25, 0.3) is 0 Å². The minimum Gasteiger partial charge on any atom is -0.508 e. The van der Waals surface area contributed by atoms with E-state index in [1.165, 1.54) is 6.07 Å². The summed E-state index contributed by atoms with van der Waals surface area (Å²) in [5.74, 6) is 0.160. The van der Waals surface area contributed by atoms with Gasteiger partial charge in [-0.2, -0.15) is 0 Å². The number of phenols is 1. The van der Waals surface area contributed by atoms with E-state index in [0.29, 0.717) is 11.3 Å². The summed E-state index contributed by atoms with van der Waals surface area (Å²) in [6.07, 6.45) is 0.397. The fourth-order valence-corrected chi connectivity index (χ4v) is 1.00. The predicted octanol–water partition coefficient (Wildman–Crippen LogP) is 1.71. The van der Waals surface area contributed by atoms with E-state index in [-0.39, 0.29) is 5.75 Å². The van der Waals surface area contributed by atoms with Gasteiger partial charge in [0.1, 0.15) is 5.75 Å². The Hall–Kier alpha value is -0.625. The van der Waals surface area contributed by atoms with E-state index < -0.39 is 0 Å². The highest BCUT2D eigenvalue weighted by atomic mass is 35.5. The standard InChI is InChI=1S/C7H6BClO/c8-4-5-1-6(9)3-7(10)2-5/h1-3,10H,4H2. The molecule has 1 rings (SSSR count). The van der Waals surface area contributed by atoms with Crippen LogP contribution in [0.5, 0.6) is 5.75 Å².